The van der Waals surface area contributed by atoms with E-state index in [1.807, 2.05) is 0 Å². The van der Waals surface area contributed by atoms with Crippen molar-refractivity contribution in [3.05, 3.63) is 25.3 Å². The van der Waals surface area contributed by atoms with Gasteiger partial charge in [-0.15, -0.1) is 0 Å². The summed E-state index contributed by atoms with van der Waals surface area (Å²) in [5, 5.41) is 9.86. The second kappa shape index (κ2) is 4.73. The van der Waals surface area contributed by atoms with Gasteiger partial charge in [0.05, 0.1) is 6.61 Å². The van der Waals surface area contributed by atoms with E-state index >= 15 is 0 Å². The Balaban J connectivity index is 1.79. The summed E-state index contributed by atoms with van der Waals surface area (Å²) in [4.78, 5) is 0. The first kappa shape index (κ1) is 12.3. The lowest BCUT2D eigenvalue weighted by atomic mass is 9.98. The summed E-state index contributed by atoms with van der Waals surface area (Å²) in [5.74, 6) is 0. The van der Waals surface area contributed by atoms with Gasteiger partial charge in [0.25, 0.3) is 0 Å². The zero-order valence-corrected chi connectivity index (χ0v) is 9.81. The van der Waals surface area contributed by atoms with E-state index < -0.39 is 31.1 Å². The van der Waals surface area contributed by atoms with E-state index in [0.29, 0.717) is 6.61 Å². The van der Waals surface area contributed by atoms with Crippen LogP contribution in [0.4, 0.5) is 0 Å². The molecule has 0 spiro atoms. The minimum Gasteiger partial charge on any atom is -0.366 e. The lowest BCUT2D eigenvalue weighted by Gasteiger charge is -2.44. The molecule has 3 rings (SSSR count). The van der Waals surface area contributed by atoms with Crippen molar-refractivity contribution in [3.8, 4) is 0 Å². The molecule has 100 valence electrons. The Bertz CT molecular complexity index is 345. The first-order chi connectivity index (χ1) is 8.72. The topological polar surface area (TPSA) is 66.4 Å². The fourth-order valence-corrected chi connectivity index (χ4v) is 2.45. The Morgan fingerprint density at radius 3 is 2.28 bits per heavy atom. The minimum absolute atomic E-state index is 0.323. The highest BCUT2D eigenvalue weighted by Gasteiger charge is 2.54. The molecular weight excluding hydrogens is 240 g/mol. The van der Waals surface area contributed by atoms with Crippen molar-refractivity contribution in [2.24, 2.45) is 0 Å². The lowest BCUT2D eigenvalue weighted by molar-refractivity contribution is -0.327. The molecular formula is C12H16O6. The highest BCUT2D eigenvalue weighted by molar-refractivity contribution is 4.99. The van der Waals surface area contributed by atoms with Crippen LogP contribution < -0.4 is 0 Å². The van der Waals surface area contributed by atoms with Crippen LogP contribution in [-0.4, -0.2) is 55.0 Å². The van der Waals surface area contributed by atoms with E-state index in [1.54, 1.807) is 6.08 Å². The van der Waals surface area contributed by atoms with Gasteiger partial charge in [-0.2, -0.15) is 0 Å². The number of fused-ring (bicyclic) bond motifs is 3. The first-order valence-corrected chi connectivity index (χ1v) is 5.89. The van der Waals surface area contributed by atoms with E-state index in [2.05, 4.69) is 13.2 Å². The second-order valence-corrected chi connectivity index (χ2v) is 4.41. The molecule has 0 aromatic rings. The van der Waals surface area contributed by atoms with Gasteiger partial charge in [-0.3, -0.25) is 0 Å². The molecule has 0 radical (unpaired) electrons. The van der Waals surface area contributed by atoms with Crippen molar-refractivity contribution in [1.29, 1.82) is 0 Å². The van der Waals surface area contributed by atoms with Crippen LogP contribution in [0.3, 0.4) is 0 Å². The van der Waals surface area contributed by atoms with E-state index in [1.165, 1.54) is 6.08 Å². The van der Waals surface area contributed by atoms with Crippen LogP contribution in [0.25, 0.3) is 0 Å². The summed E-state index contributed by atoms with van der Waals surface area (Å²) in [6, 6.07) is 0. The lowest BCUT2D eigenvalue weighted by Crippen LogP contribution is -2.61. The minimum atomic E-state index is -1.05. The normalized spacial score (nSPS) is 51.3. The molecule has 7 unspecified atom stereocenters. The summed E-state index contributed by atoms with van der Waals surface area (Å²) in [6.45, 7) is 7.55. The zero-order valence-electron chi connectivity index (χ0n) is 9.81. The zero-order chi connectivity index (χ0) is 12.7. The molecule has 3 aliphatic heterocycles. The molecule has 3 aliphatic rings. The highest BCUT2D eigenvalue weighted by atomic mass is 16.8. The van der Waals surface area contributed by atoms with Gasteiger partial charge in [0.15, 0.2) is 18.9 Å². The molecule has 0 saturated carbocycles. The second-order valence-electron chi connectivity index (χ2n) is 4.41. The van der Waals surface area contributed by atoms with Crippen molar-refractivity contribution in [2.45, 2.75) is 43.3 Å². The molecule has 6 heteroatoms. The van der Waals surface area contributed by atoms with Crippen LogP contribution in [0.2, 0.25) is 0 Å². The fraction of sp³-hybridized carbons (Fsp3) is 0.667. The van der Waals surface area contributed by atoms with Gasteiger partial charge in [-0.25, -0.2) is 0 Å². The standard InChI is InChI=1S/C12H16O6/c1-3-7-14-5-6-9(16-7)10-11(12(13)15-6)18-8(4-2)17-10/h3-4,6-13H,1-2,5H2. The number of aliphatic hydroxyl groups excluding tert-OH is 1. The van der Waals surface area contributed by atoms with Crippen molar-refractivity contribution in [2.75, 3.05) is 6.61 Å². The Hall–Kier alpha value is -0.760. The van der Waals surface area contributed by atoms with Crippen LogP contribution in [0.15, 0.2) is 25.3 Å². The molecule has 6 nitrogen and oxygen atoms in total. The number of hydrogen-bond donors (Lipinski definition) is 1. The van der Waals surface area contributed by atoms with Crippen LogP contribution in [0, 0.1) is 0 Å². The third-order valence-electron chi connectivity index (χ3n) is 3.29. The van der Waals surface area contributed by atoms with Gasteiger partial charge in [0, 0.05) is 0 Å². The van der Waals surface area contributed by atoms with Gasteiger partial charge in [-0.1, -0.05) is 13.2 Å². The fourth-order valence-electron chi connectivity index (χ4n) is 2.45. The van der Waals surface area contributed by atoms with Crippen molar-refractivity contribution < 1.29 is 28.8 Å². The molecule has 18 heavy (non-hydrogen) atoms. The summed E-state index contributed by atoms with van der Waals surface area (Å²) in [6.07, 6.45) is -0.673. The van der Waals surface area contributed by atoms with Crippen LogP contribution >= 0.6 is 0 Å². The molecule has 0 aromatic carbocycles. The molecule has 0 amide bonds. The highest BCUT2D eigenvalue weighted by Crippen LogP contribution is 2.36. The van der Waals surface area contributed by atoms with Crippen molar-refractivity contribution >= 4 is 0 Å². The number of ether oxygens (including phenoxy) is 5. The number of hydrogen-bond acceptors (Lipinski definition) is 6. The Kier molecular flexibility index (Phi) is 3.23. The first-order valence-electron chi connectivity index (χ1n) is 5.89. The largest absolute Gasteiger partial charge is 0.366 e. The maximum atomic E-state index is 9.86. The summed E-state index contributed by atoms with van der Waals surface area (Å²) in [5.41, 5.74) is 0. The van der Waals surface area contributed by atoms with Gasteiger partial charge >= 0.3 is 0 Å². The Morgan fingerprint density at radius 1 is 0.889 bits per heavy atom. The van der Waals surface area contributed by atoms with Gasteiger partial charge in [-0.05, 0) is 12.2 Å². The molecule has 3 fully saturated rings. The van der Waals surface area contributed by atoms with Crippen LogP contribution in [0.5, 0.6) is 0 Å². The predicted molar refractivity (Wildman–Crippen MR) is 59.4 cm³/mol. The molecule has 3 heterocycles. The molecule has 1 N–H and O–H groups in total. The molecule has 7 atom stereocenters. The van der Waals surface area contributed by atoms with E-state index in [9.17, 15) is 5.11 Å². The summed E-state index contributed by atoms with van der Waals surface area (Å²) < 4.78 is 27.6. The van der Waals surface area contributed by atoms with Gasteiger partial charge in [0.1, 0.15) is 24.4 Å². The quantitative estimate of drug-likeness (QED) is 0.697. The molecule has 0 aliphatic carbocycles. The van der Waals surface area contributed by atoms with E-state index in [-0.39, 0.29) is 12.2 Å². The van der Waals surface area contributed by atoms with Crippen molar-refractivity contribution in [1.82, 2.24) is 0 Å². The van der Waals surface area contributed by atoms with Crippen LogP contribution in [0.1, 0.15) is 0 Å². The molecule has 0 aromatic heterocycles. The SMILES string of the molecule is C=CC1OCC2OC(O)C3OC(C=C)OC3C2O1. The monoisotopic (exact) mass is 256 g/mol. The third kappa shape index (κ3) is 1.91. The average molecular weight is 256 g/mol. The predicted octanol–water partition coefficient (Wildman–Crippen LogP) is -0.0728. The summed E-state index contributed by atoms with van der Waals surface area (Å²) in [7, 11) is 0. The van der Waals surface area contributed by atoms with Crippen LogP contribution in [-0.2, 0) is 23.7 Å². The average Bonchev–Trinajstić information content (AvgIpc) is 2.83. The smallest absolute Gasteiger partial charge is 0.184 e. The third-order valence-corrected chi connectivity index (χ3v) is 3.29. The Labute approximate surface area is 105 Å². The van der Waals surface area contributed by atoms with Gasteiger partial charge < -0.3 is 28.8 Å². The maximum absolute atomic E-state index is 9.86. The van der Waals surface area contributed by atoms with Crippen molar-refractivity contribution in [3.63, 3.8) is 0 Å². The van der Waals surface area contributed by atoms with E-state index in [0.717, 1.165) is 0 Å². The van der Waals surface area contributed by atoms with E-state index in [4.69, 9.17) is 23.7 Å². The number of rotatable bonds is 2. The van der Waals surface area contributed by atoms with Gasteiger partial charge in [0.2, 0.25) is 0 Å². The number of aliphatic hydroxyl groups is 1. The molecule has 3 saturated heterocycles. The summed E-state index contributed by atoms with van der Waals surface area (Å²) >= 11 is 0. The molecule has 0 bridgehead atoms. The maximum Gasteiger partial charge on any atom is 0.184 e. The Morgan fingerprint density at radius 2 is 1.56 bits per heavy atom.